The third kappa shape index (κ3) is 3.50. The summed E-state index contributed by atoms with van der Waals surface area (Å²) in [5, 5.41) is 5.01. The van der Waals surface area contributed by atoms with Crippen LogP contribution in [-0.4, -0.2) is 32.9 Å². The highest BCUT2D eigenvalue weighted by Crippen LogP contribution is 2.33. The van der Waals surface area contributed by atoms with Crippen LogP contribution in [0.2, 0.25) is 0 Å². The molecular formula is C15H26N2O2S2. The van der Waals surface area contributed by atoms with E-state index in [0.717, 1.165) is 23.3 Å². The Morgan fingerprint density at radius 2 is 2.00 bits per heavy atom. The molecule has 0 unspecified atom stereocenters. The Hall–Kier alpha value is -0.430. The molecular weight excluding hydrogens is 304 g/mol. The zero-order valence-corrected chi connectivity index (χ0v) is 15.0. The van der Waals surface area contributed by atoms with E-state index in [9.17, 15) is 8.42 Å². The average molecular weight is 331 g/mol. The molecule has 1 fully saturated rings. The third-order valence-corrected chi connectivity index (χ3v) is 7.73. The molecule has 1 aromatic heterocycles. The monoisotopic (exact) mass is 330 g/mol. The molecule has 0 radical (unpaired) electrons. The number of hydrogen-bond donors (Lipinski definition) is 1. The van der Waals surface area contributed by atoms with Crippen LogP contribution in [0, 0.1) is 18.8 Å². The Morgan fingerprint density at radius 1 is 1.38 bits per heavy atom. The normalized spacial score (nSPS) is 18.5. The Labute approximate surface area is 132 Å². The van der Waals surface area contributed by atoms with Gasteiger partial charge in [-0.05, 0) is 49.6 Å². The molecule has 2 rings (SSSR count). The Bertz CT molecular complexity index is 570. The Kier molecular flexibility index (Phi) is 5.46. The summed E-state index contributed by atoms with van der Waals surface area (Å²) in [5.74, 6) is 1.29. The van der Waals surface area contributed by atoms with Crippen molar-refractivity contribution in [2.75, 3.05) is 20.1 Å². The number of piperidine rings is 1. The SMILES string of the molecule is CNCc1scc(C)c1S(=O)(=O)N1CCC(C(C)C)CC1. The predicted molar refractivity (Wildman–Crippen MR) is 88.1 cm³/mol. The number of rotatable bonds is 5. The van der Waals surface area contributed by atoms with Crippen LogP contribution in [0.5, 0.6) is 0 Å². The van der Waals surface area contributed by atoms with Gasteiger partial charge in [-0.25, -0.2) is 8.42 Å². The molecule has 1 saturated heterocycles. The highest BCUT2D eigenvalue weighted by atomic mass is 32.2. The smallest absolute Gasteiger partial charge is 0.244 e. The molecule has 0 spiro atoms. The van der Waals surface area contributed by atoms with Crippen molar-refractivity contribution in [3.05, 3.63) is 15.8 Å². The molecule has 1 aliphatic heterocycles. The summed E-state index contributed by atoms with van der Waals surface area (Å²) in [6.07, 6.45) is 1.95. The molecule has 21 heavy (non-hydrogen) atoms. The summed E-state index contributed by atoms with van der Waals surface area (Å²) >= 11 is 1.53. The summed E-state index contributed by atoms with van der Waals surface area (Å²) in [6, 6.07) is 0. The van der Waals surface area contributed by atoms with E-state index in [1.807, 2.05) is 19.4 Å². The summed E-state index contributed by atoms with van der Waals surface area (Å²) < 4.78 is 27.6. The van der Waals surface area contributed by atoms with Gasteiger partial charge in [0.25, 0.3) is 0 Å². The lowest BCUT2D eigenvalue weighted by Gasteiger charge is -2.33. The lowest BCUT2D eigenvalue weighted by Crippen LogP contribution is -2.39. The van der Waals surface area contributed by atoms with Crippen LogP contribution in [-0.2, 0) is 16.6 Å². The van der Waals surface area contributed by atoms with Crippen molar-refractivity contribution in [2.24, 2.45) is 11.8 Å². The van der Waals surface area contributed by atoms with Crippen LogP contribution in [0.25, 0.3) is 0 Å². The molecule has 0 bridgehead atoms. The lowest BCUT2D eigenvalue weighted by molar-refractivity contribution is 0.226. The second kappa shape index (κ2) is 6.77. The van der Waals surface area contributed by atoms with Gasteiger partial charge >= 0.3 is 0 Å². The number of thiophene rings is 1. The van der Waals surface area contributed by atoms with Gasteiger partial charge in [0, 0.05) is 24.5 Å². The summed E-state index contributed by atoms with van der Waals surface area (Å²) in [6.45, 7) is 8.25. The second-order valence-corrected chi connectivity index (χ2v) is 9.03. The molecule has 2 heterocycles. The first-order valence-electron chi connectivity index (χ1n) is 7.59. The van der Waals surface area contributed by atoms with Crippen LogP contribution in [0.4, 0.5) is 0 Å². The van der Waals surface area contributed by atoms with Gasteiger partial charge in [-0.3, -0.25) is 0 Å². The van der Waals surface area contributed by atoms with Crippen molar-refractivity contribution in [2.45, 2.75) is 45.1 Å². The van der Waals surface area contributed by atoms with E-state index in [4.69, 9.17) is 0 Å². The highest BCUT2D eigenvalue weighted by molar-refractivity contribution is 7.89. The fourth-order valence-corrected chi connectivity index (χ4v) is 6.27. The van der Waals surface area contributed by atoms with Crippen molar-refractivity contribution in [3.63, 3.8) is 0 Å². The summed E-state index contributed by atoms with van der Waals surface area (Å²) in [5.41, 5.74) is 0.872. The van der Waals surface area contributed by atoms with E-state index in [2.05, 4.69) is 19.2 Å². The molecule has 0 saturated carbocycles. The van der Waals surface area contributed by atoms with E-state index in [0.29, 0.717) is 36.4 Å². The van der Waals surface area contributed by atoms with Crippen LogP contribution in [0.15, 0.2) is 10.3 Å². The molecule has 0 atom stereocenters. The molecule has 6 heteroatoms. The molecule has 1 aromatic rings. The first-order valence-corrected chi connectivity index (χ1v) is 9.91. The van der Waals surface area contributed by atoms with Gasteiger partial charge in [-0.15, -0.1) is 11.3 Å². The van der Waals surface area contributed by atoms with Crippen LogP contribution in [0.3, 0.4) is 0 Å². The fourth-order valence-electron chi connectivity index (χ4n) is 3.03. The van der Waals surface area contributed by atoms with Gasteiger partial charge in [0.05, 0.1) is 0 Å². The van der Waals surface area contributed by atoms with E-state index in [-0.39, 0.29) is 0 Å². The van der Waals surface area contributed by atoms with E-state index in [1.54, 1.807) is 4.31 Å². The number of aryl methyl sites for hydroxylation is 1. The van der Waals surface area contributed by atoms with Crippen LogP contribution < -0.4 is 5.32 Å². The largest absolute Gasteiger partial charge is 0.315 e. The lowest BCUT2D eigenvalue weighted by atomic mass is 9.87. The van der Waals surface area contributed by atoms with Crippen molar-refractivity contribution >= 4 is 21.4 Å². The van der Waals surface area contributed by atoms with Crippen molar-refractivity contribution in [1.29, 1.82) is 0 Å². The minimum Gasteiger partial charge on any atom is -0.315 e. The molecule has 1 aliphatic rings. The first-order chi connectivity index (χ1) is 9.87. The molecule has 1 N–H and O–H groups in total. The van der Waals surface area contributed by atoms with Crippen molar-refractivity contribution in [1.82, 2.24) is 9.62 Å². The summed E-state index contributed by atoms with van der Waals surface area (Å²) in [7, 11) is -1.50. The number of sulfonamides is 1. The maximum atomic E-state index is 12.9. The molecule has 120 valence electrons. The number of nitrogens with one attached hydrogen (secondary N) is 1. The minimum atomic E-state index is -3.35. The fraction of sp³-hybridized carbons (Fsp3) is 0.733. The number of hydrogen-bond acceptors (Lipinski definition) is 4. The zero-order valence-electron chi connectivity index (χ0n) is 13.3. The van der Waals surface area contributed by atoms with Gasteiger partial charge in [-0.2, -0.15) is 4.31 Å². The van der Waals surface area contributed by atoms with Gasteiger partial charge < -0.3 is 5.32 Å². The van der Waals surface area contributed by atoms with Crippen LogP contribution in [0.1, 0.15) is 37.1 Å². The minimum absolute atomic E-state index is 0.532. The van der Waals surface area contributed by atoms with E-state index in [1.165, 1.54) is 11.3 Å². The maximum absolute atomic E-state index is 12.9. The third-order valence-electron chi connectivity index (χ3n) is 4.37. The molecule has 0 aliphatic carbocycles. The van der Waals surface area contributed by atoms with Gasteiger partial charge in [0.2, 0.25) is 10.0 Å². The van der Waals surface area contributed by atoms with Gasteiger partial charge in [0.1, 0.15) is 4.90 Å². The standard InChI is InChI=1S/C15H26N2O2S2/c1-11(2)13-5-7-17(8-6-13)21(18,19)15-12(3)10-20-14(15)9-16-4/h10-11,13,16H,5-9H2,1-4H3. The first kappa shape index (κ1) is 16.9. The second-order valence-electron chi connectivity index (χ2n) is 6.19. The average Bonchev–Trinajstić information content (AvgIpc) is 2.81. The topological polar surface area (TPSA) is 49.4 Å². The Balaban J connectivity index is 2.22. The van der Waals surface area contributed by atoms with Gasteiger partial charge in [0.15, 0.2) is 0 Å². The van der Waals surface area contributed by atoms with Crippen molar-refractivity contribution in [3.8, 4) is 0 Å². The quantitative estimate of drug-likeness (QED) is 0.903. The van der Waals surface area contributed by atoms with Crippen molar-refractivity contribution < 1.29 is 8.42 Å². The molecule has 0 amide bonds. The van der Waals surface area contributed by atoms with Crippen LogP contribution >= 0.6 is 11.3 Å². The zero-order chi connectivity index (χ0) is 15.6. The summed E-state index contributed by atoms with van der Waals surface area (Å²) in [4.78, 5) is 1.45. The predicted octanol–water partition coefficient (Wildman–Crippen LogP) is 2.83. The number of nitrogens with zero attached hydrogens (tertiary/aromatic N) is 1. The van der Waals surface area contributed by atoms with E-state index < -0.39 is 10.0 Å². The van der Waals surface area contributed by atoms with E-state index >= 15 is 0 Å². The maximum Gasteiger partial charge on any atom is 0.244 e. The van der Waals surface area contributed by atoms with Gasteiger partial charge in [-0.1, -0.05) is 13.8 Å². The molecule has 0 aromatic carbocycles. The Morgan fingerprint density at radius 3 is 2.52 bits per heavy atom. The molecule has 4 nitrogen and oxygen atoms in total. The highest BCUT2D eigenvalue weighted by Gasteiger charge is 2.33.